The molecule has 1 fully saturated rings. The maximum atomic E-state index is 12.4. The molecule has 1 aromatic rings. The van der Waals surface area contributed by atoms with E-state index in [1.807, 2.05) is 26.0 Å². The van der Waals surface area contributed by atoms with E-state index in [0.717, 1.165) is 12.0 Å². The first kappa shape index (κ1) is 22.2. The lowest BCUT2D eigenvalue weighted by Gasteiger charge is -2.20. The zero-order chi connectivity index (χ0) is 21.4. The number of hydrogen-bond donors (Lipinski definition) is 2. The fourth-order valence-electron chi connectivity index (χ4n) is 2.92. The molecule has 0 aromatic heterocycles. The summed E-state index contributed by atoms with van der Waals surface area (Å²) in [5.74, 6) is -1.86. The van der Waals surface area contributed by atoms with Crippen LogP contribution in [0, 0.1) is 12.8 Å². The van der Waals surface area contributed by atoms with E-state index in [1.165, 1.54) is 12.0 Å². The second-order valence-electron chi connectivity index (χ2n) is 6.82. The van der Waals surface area contributed by atoms with Crippen LogP contribution in [0.3, 0.4) is 0 Å². The third-order valence-corrected chi connectivity index (χ3v) is 4.45. The largest absolute Gasteiger partial charge is 0.495 e. The maximum Gasteiger partial charge on any atom is 0.311 e. The molecule has 158 valence electrons. The minimum atomic E-state index is -0.673. The van der Waals surface area contributed by atoms with Gasteiger partial charge >= 0.3 is 5.97 Å². The summed E-state index contributed by atoms with van der Waals surface area (Å²) < 4.78 is 10.3. The Hall–Kier alpha value is -3.10. The topological polar surface area (TPSA) is 114 Å². The van der Waals surface area contributed by atoms with E-state index in [1.54, 1.807) is 6.07 Å². The number of methoxy groups -OCH3 is 1. The van der Waals surface area contributed by atoms with E-state index in [2.05, 4.69) is 10.6 Å². The smallest absolute Gasteiger partial charge is 0.311 e. The molecule has 1 saturated heterocycles. The van der Waals surface area contributed by atoms with Crippen LogP contribution >= 0.6 is 0 Å². The SMILES string of the molecule is CCCNC(=O)CNC(=O)COC(=O)[C@H]1CC(=O)N(c2cc(C)ccc2OC)C1. The summed E-state index contributed by atoms with van der Waals surface area (Å²) in [5.41, 5.74) is 1.56. The quantitative estimate of drug-likeness (QED) is 0.580. The molecule has 1 atom stereocenters. The number of amides is 3. The minimum Gasteiger partial charge on any atom is -0.495 e. The van der Waals surface area contributed by atoms with Gasteiger partial charge in [-0.05, 0) is 31.0 Å². The number of benzene rings is 1. The zero-order valence-corrected chi connectivity index (χ0v) is 16.9. The molecule has 2 N–H and O–H groups in total. The monoisotopic (exact) mass is 405 g/mol. The standard InChI is InChI=1S/C20H27N3O6/c1-4-7-21-17(24)10-22-18(25)12-29-20(27)14-9-19(26)23(11-14)15-8-13(2)5-6-16(15)28-3/h5-6,8,14H,4,7,9-12H2,1-3H3,(H,21,24)(H,22,25)/t14-/m0/s1. The summed E-state index contributed by atoms with van der Waals surface area (Å²) in [6.45, 7) is 3.82. The van der Waals surface area contributed by atoms with Crippen molar-refractivity contribution in [3.8, 4) is 5.75 Å². The van der Waals surface area contributed by atoms with Gasteiger partial charge in [-0.25, -0.2) is 0 Å². The van der Waals surface area contributed by atoms with Gasteiger partial charge in [0.05, 0.1) is 25.3 Å². The number of carbonyl (C=O) groups excluding carboxylic acids is 4. The van der Waals surface area contributed by atoms with E-state index >= 15 is 0 Å². The van der Waals surface area contributed by atoms with Gasteiger partial charge in [0, 0.05) is 19.5 Å². The Kier molecular flexibility index (Phi) is 7.99. The Morgan fingerprint density at radius 2 is 1.97 bits per heavy atom. The first-order valence-electron chi connectivity index (χ1n) is 9.50. The predicted octanol–water partition coefficient (Wildman–Crippen LogP) is 0.542. The van der Waals surface area contributed by atoms with Gasteiger partial charge < -0.3 is 25.0 Å². The van der Waals surface area contributed by atoms with Crippen molar-refractivity contribution in [3.63, 3.8) is 0 Å². The number of nitrogens with one attached hydrogen (secondary N) is 2. The highest BCUT2D eigenvalue weighted by Gasteiger charge is 2.37. The molecular formula is C20H27N3O6. The molecule has 1 aliphatic rings. The van der Waals surface area contributed by atoms with Gasteiger partial charge in [-0.15, -0.1) is 0 Å². The average Bonchev–Trinajstić information content (AvgIpc) is 3.10. The third kappa shape index (κ3) is 6.20. The molecule has 0 aliphatic carbocycles. The van der Waals surface area contributed by atoms with Crippen molar-refractivity contribution in [2.75, 3.05) is 38.3 Å². The summed E-state index contributed by atoms with van der Waals surface area (Å²) in [4.78, 5) is 49.4. The van der Waals surface area contributed by atoms with Crippen LogP contribution in [-0.4, -0.2) is 57.0 Å². The first-order valence-corrected chi connectivity index (χ1v) is 9.50. The van der Waals surface area contributed by atoms with Crippen LogP contribution in [-0.2, 0) is 23.9 Å². The van der Waals surface area contributed by atoms with Gasteiger partial charge in [-0.1, -0.05) is 13.0 Å². The Labute approximate surface area is 169 Å². The molecule has 0 saturated carbocycles. The molecule has 0 spiro atoms. The molecule has 0 unspecified atom stereocenters. The number of esters is 1. The molecule has 0 radical (unpaired) electrons. The van der Waals surface area contributed by atoms with Crippen LogP contribution < -0.4 is 20.3 Å². The van der Waals surface area contributed by atoms with Crippen LogP contribution in [0.1, 0.15) is 25.3 Å². The Morgan fingerprint density at radius 1 is 1.21 bits per heavy atom. The van der Waals surface area contributed by atoms with Crippen molar-refractivity contribution >= 4 is 29.4 Å². The van der Waals surface area contributed by atoms with Crippen LogP contribution in [0.5, 0.6) is 5.75 Å². The molecule has 9 heteroatoms. The number of nitrogens with zero attached hydrogens (tertiary/aromatic N) is 1. The molecule has 1 heterocycles. The predicted molar refractivity (Wildman–Crippen MR) is 105 cm³/mol. The van der Waals surface area contributed by atoms with Gasteiger partial charge in [-0.3, -0.25) is 19.2 Å². The number of aryl methyl sites for hydroxylation is 1. The van der Waals surface area contributed by atoms with Gasteiger partial charge in [0.25, 0.3) is 5.91 Å². The third-order valence-electron chi connectivity index (χ3n) is 4.45. The lowest BCUT2D eigenvalue weighted by Crippen LogP contribution is -2.39. The molecule has 3 amide bonds. The fourth-order valence-corrected chi connectivity index (χ4v) is 2.92. The van der Waals surface area contributed by atoms with E-state index in [0.29, 0.717) is 18.0 Å². The van der Waals surface area contributed by atoms with Crippen molar-refractivity contribution in [2.24, 2.45) is 5.92 Å². The first-order chi connectivity index (χ1) is 13.8. The Balaban J connectivity index is 1.85. The van der Waals surface area contributed by atoms with Crippen LogP contribution in [0.4, 0.5) is 5.69 Å². The number of hydrogen-bond acceptors (Lipinski definition) is 6. The number of carbonyl (C=O) groups is 4. The van der Waals surface area contributed by atoms with Gasteiger partial charge in [0.1, 0.15) is 5.75 Å². The number of anilines is 1. The lowest BCUT2D eigenvalue weighted by molar-refractivity contribution is -0.152. The van der Waals surface area contributed by atoms with Crippen molar-refractivity contribution < 1.29 is 28.7 Å². The van der Waals surface area contributed by atoms with Gasteiger partial charge in [-0.2, -0.15) is 0 Å². The summed E-state index contributed by atoms with van der Waals surface area (Å²) in [7, 11) is 1.52. The van der Waals surface area contributed by atoms with Crippen molar-refractivity contribution in [3.05, 3.63) is 23.8 Å². The van der Waals surface area contributed by atoms with Gasteiger partial charge in [0.2, 0.25) is 11.8 Å². The lowest BCUT2D eigenvalue weighted by atomic mass is 10.1. The van der Waals surface area contributed by atoms with Crippen LogP contribution in [0.2, 0.25) is 0 Å². The highest BCUT2D eigenvalue weighted by Crippen LogP contribution is 2.34. The van der Waals surface area contributed by atoms with Crippen molar-refractivity contribution in [1.82, 2.24) is 10.6 Å². The van der Waals surface area contributed by atoms with E-state index in [9.17, 15) is 19.2 Å². The molecule has 29 heavy (non-hydrogen) atoms. The normalized spacial score (nSPS) is 15.8. The molecular weight excluding hydrogens is 378 g/mol. The van der Waals surface area contributed by atoms with Crippen LogP contribution in [0.25, 0.3) is 0 Å². The highest BCUT2D eigenvalue weighted by atomic mass is 16.5. The summed E-state index contributed by atoms with van der Waals surface area (Å²) >= 11 is 0. The molecule has 9 nitrogen and oxygen atoms in total. The minimum absolute atomic E-state index is 0.00300. The van der Waals surface area contributed by atoms with E-state index in [-0.39, 0.29) is 31.3 Å². The Bertz CT molecular complexity index is 779. The fraction of sp³-hybridized carbons (Fsp3) is 0.500. The number of ether oxygens (including phenoxy) is 2. The van der Waals surface area contributed by atoms with Crippen LogP contribution in [0.15, 0.2) is 18.2 Å². The summed E-state index contributed by atoms with van der Waals surface area (Å²) in [6.07, 6.45) is 0.791. The van der Waals surface area contributed by atoms with E-state index < -0.39 is 24.4 Å². The highest BCUT2D eigenvalue weighted by molar-refractivity contribution is 6.00. The zero-order valence-electron chi connectivity index (χ0n) is 16.9. The average molecular weight is 405 g/mol. The summed E-state index contributed by atoms with van der Waals surface area (Å²) in [6, 6.07) is 5.46. The maximum absolute atomic E-state index is 12.4. The molecule has 0 bridgehead atoms. The molecule has 1 aromatic carbocycles. The number of rotatable bonds is 9. The summed E-state index contributed by atoms with van der Waals surface area (Å²) in [5, 5.41) is 5.00. The van der Waals surface area contributed by atoms with Crippen molar-refractivity contribution in [2.45, 2.75) is 26.7 Å². The second kappa shape index (κ2) is 10.4. The van der Waals surface area contributed by atoms with E-state index in [4.69, 9.17) is 9.47 Å². The van der Waals surface area contributed by atoms with Crippen molar-refractivity contribution in [1.29, 1.82) is 0 Å². The Morgan fingerprint density at radius 3 is 2.66 bits per heavy atom. The molecule has 1 aliphatic heterocycles. The second-order valence-corrected chi connectivity index (χ2v) is 6.82. The van der Waals surface area contributed by atoms with Gasteiger partial charge in [0.15, 0.2) is 6.61 Å². The molecule has 2 rings (SSSR count).